The van der Waals surface area contributed by atoms with Gasteiger partial charge in [-0.15, -0.1) is 11.8 Å². The summed E-state index contributed by atoms with van der Waals surface area (Å²) in [7, 11) is 0. The van der Waals surface area contributed by atoms with E-state index in [-0.39, 0.29) is 0 Å². The molecular weight excluding hydrogens is 392 g/mol. The molecule has 4 aromatic carbocycles. The lowest BCUT2D eigenvalue weighted by Crippen LogP contribution is -1.87. The molecule has 0 amide bonds. The van der Waals surface area contributed by atoms with Crippen LogP contribution in [0.3, 0.4) is 0 Å². The van der Waals surface area contributed by atoms with Crippen LogP contribution in [0.25, 0.3) is 32.7 Å². The summed E-state index contributed by atoms with van der Waals surface area (Å²) in [5.41, 5.74) is 7.20. The third kappa shape index (κ3) is 4.13. The summed E-state index contributed by atoms with van der Waals surface area (Å²) in [4.78, 5) is 1.41. The van der Waals surface area contributed by atoms with Crippen LogP contribution in [0.15, 0.2) is 65.6 Å². The lowest BCUT2D eigenvalue weighted by molar-refractivity contribution is 0.627. The Kier molecular flexibility index (Phi) is 6.05. The topological polar surface area (TPSA) is 0 Å². The second kappa shape index (κ2) is 9.09. The summed E-state index contributed by atoms with van der Waals surface area (Å²) in [5, 5.41) is 5.60. The minimum atomic E-state index is 1.05. The van der Waals surface area contributed by atoms with Gasteiger partial charge in [0.2, 0.25) is 0 Å². The van der Waals surface area contributed by atoms with E-state index in [2.05, 4.69) is 74.5 Å². The molecule has 0 radical (unpaired) electrons. The fourth-order valence-corrected chi connectivity index (χ4v) is 6.07. The molecule has 31 heavy (non-hydrogen) atoms. The van der Waals surface area contributed by atoms with Crippen molar-refractivity contribution < 1.29 is 0 Å². The zero-order valence-corrected chi connectivity index (χ0v) is 19.7. The highest BCUT2D eigenvalue weighted by molar-refractivity contribution is 7.99. The second-order valence-electron chi connectivity index (χ2n) is 9.08. The predicted octanol–water partition coefficient (Wildman–Crippen LogP) is 9.33. The molecule has 0 saturated heterocycles. The number of thioether (sulfide) groups is 1. The molecule has 0 aromatic heterocycles. The quantitative estimate of drug-likeness (QED) is 0.177. The number of fused-ring (bicyclic) bond motifs is 7. The van der Waals surface area contributed by atoms with E-state index in [4.69, 9.17) is 0 Å². The first-order chi connectivity index (χ1) is 15.2. The van der Waals surface area contributed by atoms with Gasteiger partial charge in [-0.3, -0.25) is 0 Å². The van der Waals surface area contributed by atoms with Crippen LogP contribution in [0.1, 0.15) is 62.1 Å². The van der Waals surface area contributed by atoms with Gasteiger partial charge in [0, 0.05) is 4.90 Å². The SMILES string of the molecule is CCCCCCCCSc1ccc2c3c(ccc2c1)-c1ccc2cc(C)ccc2c1C3. The predicted molar refractivity (Wildman–Crippen MR) is 139 cm³/mol. The number of benzene rings is 4. The molecule has 0 nitrogen and oxygen atoms in total. The zero-order valence-electron chi connectivity index (χ0n) is 18.8. The summed E-state index contributed by atoms with van der Waals surface area (Å²) in [6, 6.07) is 23.3. The Balaban J connectivity index is 1.35. The molecule has 1 aliphatic carbocycles. The van der Waals surface area contributed by atoms with Crippen molar-refractivity contribution in [1.82, 2.24) is 0 Å². The van der Waals surface area contributed by atoms with Gasteiger partial charge in [-0.05, 0) is 81.4 Å². The molecule has 0 unspecified atom stereocenters. The minimum Gasteiger partial charge on any atom is -0.126 e. The van der Waals surface area contributed by atoms with Crippen molar-refractivity contribution in [2.45, 2.75) is 63.7 Å². The molecule has 0 saturated carbocycles. The van der Waals surface area contributed by atoms with Gasteiger partial charge in [0.05, 0.1) is 0 Å². The number of hydrogen-bond donors (Lipinski definition) is 0. The first-order valence-corrected chi connectivity index (χ1v) is 12.9. The summed E-state index contributed by atoms with van der Waals surface area (Å²) >= 11 is 2.02. The molecule has 0 aliphatic heterocycles. The largest absolute Gasteiger partial charge is 0.126 e. The normalized spacial score (nSPS) is 12.5. The Labute approximate surface area is 191 Å². The van der Waals surface area contributed by atoms with Crippen molar-refractivity contribution in [2.75, 3.05) is 5.75 Å². The average Bonchev–Trinajstić information content (AvgIpc) is 3.17. The molecule has 0 bridgehead atoms. The van der Waals surface area contributed by atoms with Gasteiger partial charge in [-0.25, -0.2) is 0 Å². The van der Waals surface area contributed by atoms with Crippen molar-refractivity contribution >= 4 is 33.3 Å². The van der Waals surface area contributed by atoms with Crippen molar-refractivity contribution in [3.05, 3.63) is 77.4 Å². The highest BCUT2D eigenvalue weighted by Gasteiger charge is 2.22. The van der Waals surface area contributed by atoms with E-state index in [1.165, 1.54) is 98.5 Å². The van der Waals surface area contributed by atoms with Crippen LogP contribution in [-0.2, 0) is 6.42 Å². The highest BCUT2D eigenvalue weighted by Crippen LogP contribution is 2.44. The van der Waals surface area contributed by atoms with Crippen LogP contribution in [0.2, 0.25) is 0 Å². The fourth-order valence-electron chi connectivity index (χ4n) is 5.11. The van der Waals surface area contributed by atoms with Gasteiger partial charge in [0.15, 0.2) is 0 Å². The summed E-state index contributed by atoms with van der Waals surface area (Å²) in [6.45, 7) is 4.46. The van der Waals surface area contributed by atoms with Gasteiger partial charge in [0.25, 0.3) is 0 Å². The lowest BCUT2D eigenvalue weighted by atomic mass is 9.98. The minimum absolute atomic E-state index is 1.05. The number of rotatable bonds is 8. The van der Waals surface area contributed by atoms with Gasteiger partial charge < -0.3 is 0 Å². The van der Waals surface area contributed by atoms with Crippen molar-refractivity contribution in [1.29, 1.82) is 0 Å². The number of hydrogen-bond acceptors (Lipinski definition) is 1. The highest BCUT2D eigenvalue weighted by atomic mass is 32.2. The van der Waals surface area contributed by atoms with Gasteiger partial charge in [0.1, 0.15) is 0 Å². The monoisotopic (exact) mass is 424 g/mol. The number of unbranched alkanes of at least 4 members (excludes halogenated alkanes) is 5. The van der Waals surface area contributed by atoms with Crippen molar-refractivity contribution in [2.24, 2.45) is 0 Å². The molecule has 0 heterocycles. The second-order valence-corrected chi connectivity index (χ2v) is 10.3. The van der Waals surface area contributed by atoms with E-state index in [0.29, 0.717) is 0 Å². The van der Waals surface area contributed by atoms with Gasteiger partial charge >= 0.3 is 0 Å². The molecule has 4 aromatic rings. The molecule has 0 atom stereocenters. The Morgan fingerprint density at radius 1 is 0.677 bits per heavy atom. The maximum atomic E-state index is 2.40. The average molecular weight is 425 g/mol. The lowest BCUT2D eigenvalue weighted by Gasteiger charge is -2.08. The summed E-state index contributed by atoms with van der Waals surface area (Å²) in [5.74, 6) is 1.24. The Bertz CT molecular complexity index is 1230. The Hall–Kier alpha value is -2.25. The number of aryl methyl sites for hydroxylation is 1. The third-order valence-corrected chi connectivity index (χ3v) is 7.88. The molecule has 1 aliphatic rings. The van der Waals surface area contributed by atoms with E-state index >= 15 is 0 Å². The molecule has 0 fully saturated rings. The van der Waals surface area contributed by atoms with Crippen LogP contribution < -0.4 is 0 Å². The molecule has 1 heteroatoms. The van der Waals surface area contributed by atoms with Crippen LogP contribution in [0.4, 0.5) is 0 Å². The molecule has 0 spiro atoms. The molecular formula is C30H32S. The fraction of sp³-hybridized carbons (Fsp3) is 0.333. The maximum absolute atomic E-state index is 2.40. The van der Waals surface area contributed by atoms with Crippen molar-refractivity contribution in [3.63, 3.8) is 0 Å². The van der Waals surface area contributed by atoms with E-state index in [0.717, 1.165) is 6.42 Å². The Morgan fingerprint density at radius 3 is 2.06 bits per heavy atom. The summed E-state index contributed by atoms with van der Waals surface area (Å²) in [6.07, 6.45) is 9.27. The van der Waals surface area contributed by atoms with Gasteiger partial charge in [-0.1, -0.05) is 93.1 Å². The smallest absolute Gasteiger partial charge is 0.00783 e. The van der Waals surface area contributed by atoms with Crippen molar-refractivity contribution in [3.8, 4) is 11.1 Å². The van der Waals surface area contributed by atoms with E-state index in [1.54, 1.807) is 0 Å². The molecule has 5 rings (SSSR count). The van der Waals surface area contributed by atoms with E-state index in [1.807, 2.05) is 11.8 Å². The van der Waals surface area contributed by atoms with Crippen LogP contribution in [0, 0.1) is 6.92 Å². The first kappa shape index (κ1) is 20.6. The van der Waals surface area contributed by atoms with Crippen LogP contribution >= 0.6 is 11.8 Å². The van der Waals surface area contributed by atoms with Crippen LogP contribution in [0.5, 0.6) is 0 Å². The zero-order chi connectivity index (χ0) is 21.2. The maximum Gasteiger partial charge on any atom is 0.00783 e. The van der Waals surface area contributed by atoms with E-state index < -0.39 is 0 Å². The first-order valence-electron chi connectivity index (χ1n) is 12.0. The van der Waals surface area contributed by atoms with Crippen LogP contribution in [-0.4, -0.2) is 5.75 Å². The molecule has 158 valence electrons. The third-order valence-electron chi connectivity index (χ3n) is 6.80. The standard InChI is InChI=1S/C30H32S/c1-3-4-5-6-7-8-17-31-24-12-16-26-23(19-24)11-15-28-27-14-10-22-18-21(2)9-13-25(22)29(27)20-30(26)28/h9-16,18-19H,3-8,17,20H2,1-2H3. The van der Waals surface area contributed by atoms with Gasteiger partial charge in [-0.2, -0.15) is 0 Å². The Morgan fingerprint density at radius 2 is 1.32 bits per heavy atom. The molecule has 0 N–H and O–H groups in total. The summed E-state index contributed by atoms with van der Waals surface area (Å²) < 4.78 is 0. The van der Waals surface area contributed by atoms with E-state index in [9.17, 15) is 0 Å².